The smallest absolute Gasteiger partial charge is 1.00 e. The number of nitriles is 1. The van der Waals surface area contributed by atoms with E-state index in [0.29, 0.717) is 86.0 Å². The Labute approximate surface area is 982 Å². The summed E-state index contributed by atoms with van der Waals surface area (Å²) in [6, 6.07) is 103. The van der Waals surface area contributed by atoms with E-state index in [2.05, 4.69) is 131 Å². The van der Waals surface area contributed by atoms with Gasteiger partial charge in [-0.1, -0.05) is 279 Å². The number of carboxylic acid groups (broad SMARTS) is 1. The summed E-state index contributed by atoms with van der Waals surface area (Å²) in [7, 11) is 5.08. The van der Waals surface area contributed by atoms with E-state index in [9.17, 15) is 24.3 Å². The minimum absolute atomic E-state index is 0. The van der Waals surface area contributed by atoms with Crippen molar-refractivity contribution in [2.45, 2.75) is 52.4 Å². The number of aliphatic hydroxyl groups excluding tert-OH is 1. The van der Waals surface area contributed by atoms with Crippen LogP contribution in [0.1, 0.15) is 90.9 Å². The van der Waals surface area contributed by atoms with E-state index in [1.165, 1.54) is 56.4 Å². The van der Waals surface area contributed by atoms with Crippen LogP contribution in [-0.2, 0) is 60.7 Å². The topological polar surface area (TPSA) is 396 Å². The van der Waals surface area contributed by atoms with Crippen LogP contribution in [0, 0.1) is 11.3 Å². The van der Waals surface area contributed by atoms with Crippen molar-refractivity contribution in [2.24, 2.45) is 5.73 Å². The summed E-state index contributed by atoms with van der Waals surface area (Å²) >= 11 is 16.6. The van der Waals surface area contributed by atoms with Gasteiger partial charge < -0.3 is 67.1 Å². The fourth-order valence-corrected chi connectivity index (χ4v) is 16.6. The number of carboxylic acids is 1. The Balaban J connectivity index is 0.000000308. The number of para-hydroxylation sites is 2. The van der Waals surface area contributed by atoms with Gasteiger partial charge in [-0.15, -0.1) is 0 Å². The normalized spacial score (nSPS) is 11.1. The number of ether oxygens (including phenoxy) is 4. The first-order valence-electron chi connectivity index (χ1n) is 44.0. The van der Waals surface area contributed by atoms with E-state index in [1.54, 1.807) is 66.7 Å². The van der Waals surface area contributed by atoms with Gasteiger partial charge in [-0.2, -0.15) is 5.26 Å². The molecule has 0 amide bonds. The molecule has 0 aliphatic carbocycles. The van der Waals surface area contributed by atoms with Crippen LogP contribution < -0.4 is 158 Å². The third-order valence-electron chi connectivity index (χ3n) is 21.7. The second-order valence-corrected chi connectivity index (χ2v) is 33.5. The number of esters is 3. The number of nitrogens with zero attached hydrogens (tertiary/aromatic N) is 11. The summed E-state index contributed by atoms with van der Waals surface area (Å²) in [5.41, 5.74) is 27.5. The molecular weight excluding hydrogens is 2110 g/mol. The molecule has 0 saturated carbocycles. The Morgan fingerprint density at radius 2 is 0.793 bits per heavy atom. The van der Waals surface area contributed by atoms with E-state index < -0.39 is 17.9 Å². The number of hydrogen-bond acceptors (Lipinski definition) is 26. The fourth-order valence-electron chi connectivity index (χ4n) is 14.9. The van der Waals surface area contributed by atoms with Crippen LogP contribution >= 0.6 is 59.4 Å². The molecular formula is C110H102BBr3ClK2N13NaO14. The summed E-state index contributed by atoms with van der Waals surface area (Å²) in [4.78, 5) is 101. The molecule has 4 aromatic heterocycles. The Morgan fingerprint density at radius 1 is 0.469 bits per heavy atom. The van der Waals surface area contributed by atoms with Crippen molar-refractivity contribution in [2.75, 3.05) is 82.9 Å². The van der Waals surface area contributed by atoms with Crippen molar-refractivity contribution in [3.63, 3.8) is 0 Å². The Morgan fingerprint density at radius 3 is 1.16 bits per heavy atom. The number of carbonyl (C=O) groups excluding carboxylic acids is 4. The van der Waals surface area contributed by atoms with Crippen molar-refractivity contribution >= 4 is 171 Å². The second kappa shape index (κ2) is 64.4. The van der Waals surface area contributed by atoms with Crippen LogP contribution in [0.4, 0.5) is 28.8 Å². The standard InChI is InChI=1S/C24H20BrN3O2.C24H19N3O2.C23H17N3O2.C16H11ClN2O2.C8H10BrN.C8H6BrN.C4H8O.CH2O3.CH4O.CH4.B.2K.Na.H2O.H/c1-30-24(29)18-11-12-20-21(15-18)28-23(22(27-20)17-8-3-2-4-9-17)26-14-13-16-7-5-6-10-19(16)25;1-29-24(28)18-11-12-19-20(15-18)26-23(22(25-19)17-8-3-2-4-9-17)27-14-13-16-7-5-6-10-21(16)27;27-23(28)17-10-11-18-19(14-17)25-22(21(24-18)16-7-2-1-3-8-16)26-13-12-15-6-4-5-9-20(15)26;1-21-16(20)11-7-8-12-13(9-11)19-15(17)14(18-12)10-5-3-2-4-6-10;2*9-8-4-2-1-3-7(8)5-6-10;1-2-4-5-3-1;2-1-4-3;1-2;;;;;;;/h2-12,15H,13-14H2,1H3,(H,26,28);2-12,15H,13-14H2,1H3;1-11,14H,12-13H2,(H,27,28);2-9H,1H3;1-4H,5-6,10H2;1-4H,5H2;1-4H2;1,3H;2H,1H3;1H4;;;;;1H2;/q;;;;;;;;;;;3*+1;;-1/p-2. The maximum atomic E-state index is 12.0. The molecule has 27 nitrogen and oxygen atoms in total. The van der Waals surface area contributed by atoms with Crippen molar-refractivity contribution < 1.29 is 203 Å². The number of rotatable bonds is 18. The van der Waals surface area contributed by atoms with Gasteiger partial charge in [0.05, 0.1) is 100 Å². The van der Waals surface area contributed by atoms with E-state index in [0.717, 1.165) is 151 Å². The summed E-state index contributed by atoms with van der Waals surface area (Å²) in [5.74, 6) is 0.0821. The molecule has 20 rings (SSSR count). The van der Waals surface area contributed by atoms with Crippen LogP contribution in [0.15, 0.2) is 329 Å². The molecule has 3 radical (unpaired) electrons. The fraction of sp³-hybridized carbons (Fsp3) is 0.164. The number of halogens is 4. The zero-order chi connectivity index (χ0) is 98.4. The molecule has 1 saturated heterocycles. The maximum absolute atomic E-state index is 12.0. The number of nitrogens with two attached hydrogens (primary N) is 1. The molecule has 7 heterocycles. The Kier molecular flexibility index (Phi) is 54.7. The van der Waals surface area contributed by atoms with Gasteiger partial charge in [0, 0.05) is 95.4 Å². The average molecular weight is 2220 g/mol. The van der Waals surface area contributed by atoms with Gasteiger partial charge in [0.15, 0.2) is 22.6 Å². The van der Waals surface area contributed by atoms with Crippen molar-refractivity contribution in [1.82, 2.24) is 39.9 Å². The SMILES string of the molecule is C.C1CCOC1.CO.COC(=O)c1ccc2nc(-c3ccccc3)c(Cl)nc2c1.COC(=O)c1ccc2nc(-c3ccccc3)c(N3CCc4ccccc43)nc2c1.COC(=O)c1ccc2nc(-c3ccccc3)c(NCCc3ccccc3Br)nc2c1.N#CCc1ccccc1Br.NCCc1ccccc1Br.O=C(O)c1ccc2nc(-c3ccccc3)c(N3CCc4ccccc43)nc2c1.O=CO[O-].[B].[H-].[K+].[K+].[Na+].[OH-]. The van der Waals surface area contributed by atoms with Gasteiger partial charge in [-0.25, -0.2) is 59.0 Å². The van der Waals surface area contributed by atoms with Gasteiger partial charge in [0.2, 0.25) is 0 Å². The van der Waals surface area contributed by atoms with Gasteiger partial charge in [-0.05, 0) is 176 Å². The summed E-state index contributed by atoms with van der Waals surface area (Å²) in [6.07, 6.45) is 6.71. The molecule has 35 heteroatoms. The molecule has 0 unspecified atom stereocenters. The van der Waals surface area contributed by atoms with Crippen molar-refractivity contribution in [3.05, 3.63) is 384 Å². The molecule has 0 atom stereocenters. The molecule has 1 fully saturated rings. The Bertz CT molecular complexity index is 7140. The third kappa shape index (κ3) is 34.5. The molecule has 3 aliphatic rings. The molecule has 3 aliphatic heterocycles. The van der Waals surface area contributed by atoms with Crippen LogP contribution in [0.25, 0.3) is 89.2 Å². The molecule has 145 heavy (non-hydrogen) atoms. The predicted octanol–water partition coefficient (Wildman–Crippen LogP) is 13.2. The van der Waals surface area contributed by atoms with E-state index in [1.807, 2.05) is 206 Å². The molecule has 17 aromatic rings. The number of aromatic nitrogens is 8. The zero-order valence-electron chi connectivity index (χ0n) is 81.2. The number of fused-ring (bicyclic) bond motifs is 6. The zero-order valence-corrected chi connectivity index (χ0v) is 94.0. The van der Waals surface area contributed by atoms with Gasteiger partial charge >= 0.3 is 156 Å². The predicted molar refractivity (Wildman–Crippen MR) is 568 cm³/mol. The third-order valence-corrected chi connectivity index (χ3v) is 24.3. The molecule has 0 bridgehead atoms. The number of nitrogens with one attached hydrogen (secondary N) is 1. The largest absolute Gasteiger partial charge is 1.00 e. The number of benzene rings is 13. The number of hydrogen-bond donors (Lipinski definition) is 4. The van der Waals surface area contributed by atoms with E-state index in [-0.39, 0.29) is 173 Å². The first-order chi connectivity index (χ1) is 67.9. The quantitative estimate of drug-likeness (QED) is 0.0155. The molecule has 0 spiro atoms. The van der Waals surface area contributed by atoms with Crippen LogP contribution in [0.5, 0.6) is 0 Å². The minimum Gasteiger partial charge on any atom is -1.00 e. The number of methoxy groups -OCH3 is 3. The van der Waals surface area contributed by atoms with Gasteiger partial charge in [0.25, 0.3) is 6.47 Å². The van der Waals surface area contributed by atoms with Gasteiger partial charge in [0.1, 0.15) is 22.8 Å². The van der Waals surface area contributed by atoms with E-state index in [4.69, 9.17) is 81.9 Å². The minimum atomic E-state index is -0.969. The van der Waals surface area contributed by atoms with Crippen molar-refractivity contribution in [3.8, 4) is 51.1 Å². The van der Waals surface area contributed by atoms with Gasteiger partial charge in [-0.3, -0.25) is 4.79 Å². The molecule has 6 N–H and O–H groups in total. The molecule has 13 aromatic carbocycles. The Hall–Kier alpha value is -10.7. The van der Waals surface area contributed by atoms with E-state index >= 15 is 0 Å². The monoisotopic (exact) mass is 2210 g/mol. The number of carbonyl (C=O) groups is 5. The maximum Gasteiger partial charge on any atom is 1.00 e. The van der Waals surface area contributed by atoms with Crippen LogP contribution in [0.2, 0.25) is 5.15 Å². The number of aliphatic hydroxyl groups is 1. The van der Waals surface area contributed by atoms with Crippen LogP contribution in [-0.4, -0.2) is 162 Å². The van der Waals surface area contributed by atoms with Crippen LogP contribution in [0.3, 0.4) is 0 Å². The number of aromatic carboxylic acids is 1. The second-order valence-electron chi connectivity index (χ2n) is 30.5. The first-order valence-corrected chi connectivity index (χ1v) is 46.7. The molecule has 725 valence electrons. The first kappa shape index (κ1) is 123. The summed E-state index contributed by atoms with van der Waals surface area (Å²) in [5, 5.41) is 36.9. The average Bonchev–Trinajstić information content (AvgIpc) is 1.69. The number of anilines is 5. The summed E-state index contributed by atoms with van der Waals surface area (Å²) < 4.78 is 22.6. The van der Waals surface area contributed by atoms with Crippen molar-refractivity contribution in [1.29, 1.82) is 5.26 Å². The summed E-state index contributed by atoms with van der Waals surface area (Å²) in [6.45, 7) is 4.88.